The monoisotopic (exact) mass is 163 g/mol. The Balaban J connectivity index is 2.51. The van der Waals surface area contributed by atoms with E-state index in [1.165, 1.54) is 17.7 Å². The van der Waals surface area contributed by atoms with Crippen LogP contribution in [0.5, 0.6) is 0 Å². The van der Waals surface area contributed by atoms with Crippen molar-refractivity contribution < 1.29 is 0 Å². The standard InChI is InChI=1S/C10H15Si/c1-3-11(2)9-10-7-5-4-6-8-10/h4-8H,3,9H2,1-2H3. The highest BCUT2D eigenvalue weighted by atomic mass is 28.3. The first kappa shape index (κ1) is 8.53. The van der Waals surface area contributed by atoms with E-state index in [9.17, 15) is 0 Å². The van der Waals surface area contributed by atoms with Crippen molar-refractivity contribution in [1.82, 2.24) is 0 Å². The third-order valence-corrected chi connectivity index (χ3v) is 4.17. The van der Waals surface area contributed by atoms with Gasteiger partial charge in [-0.1, -0.05) is 55.4 Å². The van der Waals surface area contributed by atoms with Crippen molar-refractivity contribution in [3.05, 3.63) is 35.9 Å². The van der Waals surface area contributed by atoms with E-state index in [0.29, 0.717) is 0 Å². The van der Waals surface area contributed by atoms with E-state index in [0.717, 1.165) is 0 Å². The van der Waals surface area contributed by atoms with Crippen LogP contribution in [0.15, 0.2) is 30.3 Å². The molecule has 11 heavy (non-hydrogen) atoms. The maximum absolute atomic E-state index is 2.40. The van der Waals surface area contributed by atoms with Gasteiger partial charge in [-0.3, -0.25) is 0 Å². The summed E-state index contributed by atoms with van der Waals surface area (Å²) in [5.41, 5.74) is 1.51. The van der Waals surface area contributed by atoms with Gasteiger partial charge in [-0.25, -0.2) is 0 Å². The van der Waals surface area contributed by atoms with Crippen molar-refractivity contribution in [2.24, 2.45) is 0 Å². The van der Waals surface area contributed by atoms with Gasteiger partial charge < -0.3 is 0 Å². The molecule has 0 saturated carbocycles. The molecule has 0 aliphatic rings. The summed E-state index contributed by atoms with van der Waals surface area (Å²) in [5, 5.41) is 0. The van der Waals surface area contributed by atoms with E-state index in [1.807, 2.05) is 0 Å². The fourth-order valence-electron chi connectivity index (χ4n) is 1.07. The van der Waals surface area contributed by atoms with Crippen LogP contribution in [0.3, 0.4) is 0 Å². The molecule has 0 aromatic heterocycles. The van der Waals surface area contributed by atoms with Gasteiger partial charge in [-0.2, -0.15) is 0 Å². The van der Waals surface area contributed by atoms with Crippen LogP contribution in [-0.2, 0) is 6.04 Å². The van der Waals surface area contributed by atoms with E-state index in [4.69, 9.17) is 0 Å². The van der Waals surface area contributed by atoms with Crippen molar-refractivity contribution in [3.8, 4) is 0 Å². The van der Waals surface area contributed by atoms with Gasteiger partial charge in [0.1, 0.15) is 0 Å². The van der Waals surface area contributed by atoms with E-state index in [-0.39, 0.29) is 8.80 Å². The van der Waals surface area contributed by atoms with Crippen LogP contribution in [0, 0.1) is 0 Å². The smallest absolute Gasteiger partial charge is 0.0490 e. The van der Waals surface area contributed by atoms with Crippen LogP contribution >= 0.6 is 0 Å². The van der Waals surface area contributed by atoms with Gasteiger partial charge in [0.25, 0.3) is 0 Å². The fraction of sp³-hybridized carbons (Fsp3) is 0.400. The summed E-state index contributed by atoms with van der Waals surface area (Å²) in [5.74, 6) is 0. The molecule has 1 rings (SSSR count). The number of hydrogen-bond acceptors (Lipinski definition) is 0. The molecule has 0 heterocycles. The molecule has 0 N–H and O–H groups in total. The van der Waals surface area contributed by atoms with Crippen molar-refractivity contribution in [2.75, 3.05) is 0 Å². The maximum Gasteiger partial charge on any atom is 0.0490 e. The lowest BCUT2D eigenvalue weighted by molar-refractivity contribution is 1.28. The van der Waals surface area contributed by atoms with Crippen molar-refractivity contribution >= 4 is 8.80 Å². The SMILES string of the molecule is CC[Si](C)Cc1ccccc1. The Morgan fingerprint density at radius 3 is 2.36 bits per heavy atom. The molecule has 0 amide bonds. The molecule has 0 nitrogen and oxygen atoms in total. The molecule has 0 spiro atoms. The number of rotatable bonds is 3. The summed E-state index contributed by atoms with van der Waals surface area (Å²) in [7, 11) is -0.0813. The molecule has 1 aromatic carbocycles. The fourth-order valence-corrected chi connectivity index (χ4v) is 2.25. The minimum Gasteiger partial charge on any atom is -0.0708 e. The predicted molar refractivity (Wildman–Crippen MR) is 52.2 cm³/mol. The predicted octanol–water partition coefficient (Wildman–Crippen LogP) is 2.91. The first-order chi connectivity index (χ1) is 5.33. The van der Waals surface area contributed by atoms with Crippen LogP contribution in [0.1, 0.15) is 12.5 Å². The molecule has 1 radical (unpaired) electrons. The Morgan fingerprint density at radius 1 is 1.18 bits per heavy atom. The van der Waals surface area contributed by atoms with Gasteiger partial charge in [0.15, 0.2) is 0 Å². The number of hydrogen-bond donors (Lipinski definition) is 0. The maximum atomic E-state index is 2.40. The van der Waals surface area contributed by atoms with E-state index in [2.05, 4.69) is 43.8 Å². The minimum atomic E-state index is -0.0813. The zero-order valence-electron chi connectivity index (χ0n) is 7.30. The molecule has 0 saturated heterocycles. The zero-order valence-corrected chi connectivity index (χ0v) is 8.30. The Bertz CT molecular complexity index is 193. The average Bonchev–Trinajstić information content (AvgIpc) is 2.06. The van der Waals surface area contributed by atoms with Gasteiger partial charge in [-0.05, 0) is 6.04 Å². The third-order valence-electron chi connectivity index (χ3n) is 1.95. The first-order valence-corrected chi connectivity index (χ1v) is 6.59. The molecule has 1 heteroatoms. The molecule has 0 unspecified atom stereocenters. The van der Waals surface area contributed by atoms with Crippen LogP contribution in [0.4, 0.5) is 0 Å². The summed E-state index contributed by atoms with van der Waals surface area (Å²) in [6.45, 7) is 4.69. The van der Waals surface area contributed by atoms with Crippen LogP contribution < -0.4 is 0 Å². The van der Waals surface area contributed by atoms with Crippen LogP contribution in [-0.4, -0.2) is 8.80 Å². The number of benzene rings is 1. The summed E-state index contributed by atoms with van der Waals surface area (Å²) in [4.78, 5) is 0. The largest absolute Gasteiger partial charge is 0.0708 e. The van der Waals surface area contributed by atoms with Crippen LogP contribution in [0.25, 0.3) is 0 Å². The van der Waals surface area contributed by atoms with Gasteiger partial charge in [-0.15, -0.1) is 0 Å². The quantitative estimate of drug-likeness (QED) is 0.601. The average molecular weight is 163 g/mol. The summed E-state index contributed by atoms with van der Waals surface area (Å²) in [6, 6.07) is 13.5. The molecule has 0 fully saturated rings. The first-order valence-electron chi connectivity index (χ1n) is 4.18. The lowest BCUT2D eigenvalue weighted by Gasteiger charge is -2.04. The Labute approximate surface area is 70.9 Å². The minimum absolute atomic E-state index is 0.0813. The lowest BCUT2D eigenvalue weighted by atomic mass is 10.2. The zero-order chi connectivity index (χ0) is 8.10. The van der Waals surface area contributed by atoms with Gasteiger partial charge in [0.05, 0.1) is 0 Å². The van der Waals surface area contributed by atoms with E-state index in [1.54, 1.807) is 0 Å². The normalized spacial score (nSPS) is 10.5. The second-order valence-corrected chi connectivity index (χ2v) is 5.95. The van der Waals surface area contributed by atoms with Crippen molar-refractivity contribution in [2.45, 2.75) is 25.6 Å². The molecule has 0 atom stereocenters. The molecule has 0 aliphatic heterocycles. The second-order valence-electron chi connectivity index (χ2n) is 2.97. The Morgan fingerprint density at radius 2 is 1.82 bits per heavy atom. The molecule has 0 bridgehead atoms. The lowest BCUT2D eigenvalue weighted by Crippen LogP contribution is -2.09. The summed E-state index contributed by atoms with van der Waals surface area (Å²) >= 11 is 0. The van der Waals surface area contributed by atoms with Crippen molar-refractivity contribution in [1.29, 1.82) is 0 Å². The summed E-state index contributed by atoms with van der Waals surface area (Å²) in [6.07, 6.45) is 0. The second kappa shape index (κ2) is 4.34. The van der Waals surface area contributed by atoms with E-state index < -0.39 is 0 Å². The molecular formula is C10H15Si. The van der Waals surface area contributed by atoms with Gasteiger partial charge in [0, 0.05) is 8.80 Å². The third kappa shape index (κ3) is 2.89. The van der Waals surface area contributed by atoms with Gasteiger partial charge in [0.2, 0.25) is 0 Å². The van der Waals surface area contributed by atoms with Crippen molar-refractivity contribution in [3.63, 3.8) is 0 Å². The Kier molecular flexibility index (Phi) is 3.37. The topological polar surface area (TPSA) is 0 Å². The van der Waals surface area contributed by atoms with Crippen LogP contribution in [0.2, 0.25) is 12.6 Å². The molecule has 59 valence electrons. The highest BCUT2D eigenvalue weighted by Crippen LogP contribution is 2.04. The highest BCUT2D eigenvalue weighted by Gasteiger charge is 2.00. The molecular weight excluding hydrogens is 148 g/mol. The highest BCUT2D eigenvalue weighted by molar-refractivity contribution is 6.56. The molecule has 0 aliphatic carbocycles. The summed E-state index contributed by atoms with van der Waals surface area (Å²) < 4.78 is 0. The van der Waals surface area contributed by atoms with E-state index >= 15 is 0 Å². The Hall–Kier alpha value is -0.563. The van der Waals surface area contributed by atoms with Gasteiger partial charge >= 0.3 is 0 Å². The molecule has 1 aromatic rings.